The number of aromatic carboxylic acids is 1. The van der Waals surface area contributed by atoms with Gasteiger partial charge in [-0.25, -0.2) is 9.78 Å². The first kappa shape index (κ1) is 14.8. The predicted molar refractivity (Wildman–Crippen MR) is 78.9 cm³/mol. The van der Waals surface area contributed by atoms with E-state index in [1.807, 2.05) is 4.90 Å². The third-order valence-electron chi connectivity index (χ3n) is 4.20. The summed E-state index contributed by atoms with van der Waals surface area (Å²) in [7, 11) is 0. The molecule has 1 N–H and O–H groups in total. The van der Waals surface area contributed by atoms with Crippen molar-refractivity contribution in [1.82, 2.24) is 9.88 Å². The zero-order chi connectivity index (χ0) is 15.5. The lowest BCUT2D eigenvalue weighted by Gasteiger charge is -2.37. The van der Waals surface area contributed by atoms with Gasteiger partial charge in [0, 0.05) is 44.7 Å². The molecule has 0 bridgehead atoms. The van der Waals surface area contributed by atoms with Crippen LogP contribution in [0.15, 0.2) is 18.3 Å². The minimum absolute atomic E-state index is 0.00564. The summed E-state index contributed by atoms with van der Waals surface area (Å²) in [5, 5.41) is 9.00. The summed E-state index contributed by atoms with van der Waals surface area (Å²) in [6.07, 6.45) is 2.32. The van der Waals surface area contributed by atoms with Gasteiger partial charge in [0.15, 0.2) is 0 Å². The van der Waals surface area contributed by atoms with Crippen LogP contribution in [0.25, 0.3) is 0 Å². The molecule has 3 rings (SSSR count). The average molecular weight is 305 g/mol. The summed E-state index contributed by atoms with van der Waals surface area (Å²) in [6.45, 7) is 3.90. The van der Waals surface area contributed by atoms with Gasteiger partial charge in [-0.2, -0.15) is 0 Å². The Morgan fingerprint density at radius 3 is 2.68 bits per heavy atom. The number of hydrogen-bond acceptors (Lipinski definition) is 5. The molecule has 3 heterocycles. The van der Waals surface area contributed by atoms with Gasteiger partial charge in [-0.15, -0.1) is 0 Å². The number of hydrogen-bond donors (Lipinski definition) is 1. The van der Waals surface area contributed by atoms with Gasteiger partial charge in [-0.3, -0.25) is 4.79 Å². The lowest BCUT2D eigenvalue weighted by Crippen LogP contribution is -2.50. The van der Waals surface area contributed by atoms with Crippen LogP contribution in [0.1, 0.15) is 16.9 Å². The molecule has 0 aromatic carbocycles. The Hall–Kier alpha value is -2.15. The Kier molecular flexibility index (Phi) is 4.24. The number of carbonyl (C=O) groups is 2. The van der Waals surface area contributed by atoms with Gasteiger partial charge >= 0.3 is 5.97 Å². The fourth-order valence-electron chi connectivity index (χ4n) is 2.91. The lowest BCUT2D eigenvalue weighted by molar-refractivity contribution is -0.135. The molecule has 1 aromatic rings. The first-order valence-electron chi connectivity index (χ1n) is 7.46. The number of rotatable bonds is 3. The molecule has 1 aromatic heterocycles. The molecule has 0 radical (unpaired) electrons. The summed E-state index contributed by atoms with van der Waals surface area (Å²) in [5.74, 6) is -0.846. The maximum atomic E-state index is 12.3. The van der Waals surface area contributed by atoms with Crippen LogP contribution in [0, 0.1) is 5.92 Å². The second-order valence-electron chi connectivity index (χ2n) is 5.58. The number of amides is 1. The van der Waals surface area contributed by atoms with Crippen molar-refractivity contribution in [3.63, 3.8) is 0 Å². The number of pyridine rings is 1. The molecule has 1 amide bonds. The first-order chi connectivity index (χ1) is 10.6. The van der Waals surface area contributed by atoms with Crippen molar-refractivity contribution in [1.29, 1.82) is 0 Å². The largest absolute Gasteiger partial charge is 0.477 e. The number of piperazine rings is 1. The van der Waals surface area contributed by atoms with E-state index in [4.69, 9.17) is 9.84 Å². The van der Waals surface area contributed by atoms with Gasteiger partial charge in [0.1, 0.15) is 5.69 Å². The predicted octanol–water partition coefficient (Wildman–Crippen LogP) is 0.465. The molecule has 0 saturated carbocycles. The second-order valence-corrected chi connectivity index (χ2v) is 5.58. The van der Waals surface area contributed by atoms with Crippen LogP contribution in [0.4, 0.5) is 5.69 Å². The van der Waals surface area contributed by atoms with Crippen LogP contribution in [0.5, 0.6) is 0 Å². The number of nitrogens with zero attached hydrogens (tertiary/aromatic N) is 3. The highest BCUT2D eigenvalue weighted by Crippen LogP contribution is 2.20. The van der Waals surface area contributed by atoms with Crippen molar-refractivity contribution in [2.75, 3.05) is 44.3 Å². The molecule has 2 saturated heterocycles. The van der Waals surface area contributed by atoms with Crippen LogP contribution in [0.2, 0.25) is 0 Å². The molecule has 7 heteroatoms. The second kappa shape index (κ2) is 6.31. The Balaban J connectivity index is 1.60. The number of carboxylic acid groups (broad SMARTS) is 1. The van der Waals surface area contributed by atoms with Crippen molar-refractivity contribution in [2.24, 2.45) is 5.92 Å². The third-order valence-corrected chi connectivity index (χ3v) is 4.20. The molecule has 0 spiro atoms. The van der Waals surface area contributed by atoms with Gasteiger partial charge in [0.05, 0.1) is 12.5 Å². The van der Waals surface area contributed by atoms with E-state index < -0.39 is 5.97 Å². The minimum Gasteiger partial charge on any atom is -0.477 e. The smallest absolute Gasteiger partial charge is 0.354 e. The molecular weight excluding hydrogens is 286 g/mol. The lowest BCUT2D eigenvalue weighted by atomic mass is 10.1. The zero-order valence-electron chi connectivity index (χ0n) is 12.3. The molecule has 1 unspecified atom stereocenters. The summed E-state index contributed by atoms with van der Waals surface area (Å²) in [4.78, 5) is 31.1. The van der Waals surface area contributed by atoms with Gasteiger partial charge in [0.2, 0.25) is 5.91 Å². The highest BCUT2D eigenvalue weighted by atomic mass is 16.5. The van der Waals surface area contributed by atoms with Gasteiger partial charge in [0.25, 0.3) is 0 Å². The normalized spacial score (nSPS) is 21.9. The SMILES string of the molecule is O=C(O)c1cc(N2CCN(C(=O)C3CCOC3)CC2)ccn1. The summed E-state index contributed by atoms with van der Waals surface area (Å²) >= 11 is 0. The van der Waals surface area contributed by atoms with E-state index in [0.717, 1.165) is 12.1 Å². The van der Waals surface area contributed by atoms with Gasteiger partial charge in [-0.05, 0) is 18.6 Å². The quantitative estimate of drug-likeness (QED) is 0.874. The van der Waals surface area contributed by atoms with E-state index in [9.17, 15) is 9.59 Å². The number of anilines is 1. The van der Waals surface area contributed by atoms with Crippen LogP contribution in [-0.4, -0.2) is 66.3 Å². The van der Waals surface area contributed by atoms with E-state index in [1.54, 1.807) is 12.1 Å². The number of ether oxygens (including phenoxy) is 1. The summed E-state index contributed by atoms with van der Waals surface area (Å²) in [6, 6.07) is 3.37. The van der Waals surface area contributed by atoms with Crippen LogP contribution < -0.4 is 4.90 Å². The maximum absolute atomic E-state index is 12.3. The Labute approximate surface area is 128 Å². The van der Waals surface area contributed by atoms with Gasteiger partial charge in [-0.1, -0.05) is 0 Å². The Morgan fingerprint density at radius 2 is 2.05 bits per heavy atom. The van der Waals surface area contributed by atoms with E-state index in [0.29, 0.717) is 39.4 Å². The molecule has 7 nitrogen and oxygen atoms in total. The number of carboxylic acids is 1. The minimum atomic E-state index is -1.03. The van der Waals surface area contributed by atoms with Crippen molar-refractivity contribution in [3.05, 3.63) is 24.0 Å². The molecular formula is C15H19N3O4. The monoisotopic (exact) mass is 305 g/mol. The molecule has 118 valence electrons. The highest BCUT2D eigenvalue weighted by molar-refractivity contribution is 5.86. The Morgan fingerprint density at radius 1 is 1.27 bits per heavy atom. The topological polar surface area (TPSA) is 83.0 Å². The van der Waals surface area contributed by atoms with Gasteiger partial charge < -0.3 is 19.6 Å². The summed E-state index contributed by atoms with van der Waals surface area (Å²) < 4.78 is 5.27. The van der Waals surface area contributed by atoms with Crippen molar-refractivity contribution < 1.29 is 19.4 Å². The van der Waals surface area contributed by atoms with Crippen LogP contribution >= 0.6 is 0 Å². The first-order valence-corrected chi connectivity index (χ1v) is 7.46. The molecule has 22 heavy (non-hydrogen) atoms. The summed E-state index contributed by atoms with van der Waals surface area (Å²) in [5.41, 5.74) is 0.878. The fraction of sp³-hybridized carbons (Fsp3) is 0.533. The third kappa shape index (κ3) is 3.04. The van der Waals surface area contributed by atoms with E-state index in [1.165, 1.54) is 6.20 Å². The molecule has 2 fully saturated rings. The molecule has 1 atom stereocenters. The van der Waals surface area contributed by atoms with Crippen molar-refractivity contribution in [2.45, 2.75) is 6.42 Å². The van der Waals surface area contributed by atoms with Crippen molar-refractivity contribution >= 4 is 17.6 Å². The zero-order valence-corrected chi connectivity index (χ0v) is 12.3. The molecule has 2 aliphatic heterocycles. The average Bonchev–Trinajstić information content (AvgIpc) is 3.09. The van der Waals surface area contributed by atoms with Crippen LogP contribution in [0.3, 0.4) is 0 Å². The van der Waals surface area contributed by atoms with E-state index >= 15 is 0 Å². The van der Waals surface area contributed by atoms with Crippen molar-refractivity contribution in [3.8, 4) is 0 Å². The molecule has 0 aliphatic carbocycles. The van der Waals surface area contributed by atoms with Crippen LogP contribution in [-0.2, 0) is 9.53 Å². The number of aromatic nitrogens is 1. The number of carbonyl (C=O) groups excluding carboxylic acids is 1. The van der Waals surface area contributed by atoms with E-state index in [2.05, 4.69) is 9.88 Å². The maximum Gasteiger partial charge on any atom is 0.354 e. The molecule has 2 aliphatic rings. The van der Waals surface area contributed by atoms with E-state index in [-0.39, 0.29) is 17.5 Å². The fourth-order valence-corrected chi connectivity index (χ4v) is 2.91. The standard InChI is InChI=1S/C15H19N3O4/c19-14(11-2-8-22-10-11)18-6-4-17(5-7-18)12-1-3-16-13(9-12)15(20)21/h1,3,9,11H,2,4-8,10H2,(H,20,21). The highest BCUT2D eigenvalue weighted by Gasteiger charge is 2.30. The Bertz CT molecular complexity index is 564.